The molecule has 1 aromatic carbocycles. The molecule has 0 atom stereocenters. The number of nitrogens with zero attached hydrogens (tertiary/aromatic N) is 1. The summed E-state index contributed by atoms with van der Waals surface area (Å²) < 4.78 is 23.8. The highest BCUT2D eigenvalue weighted by atomic mass is 79.9. The van der Waals surface area contributed by atoms with E-state index in [0.717, 1.165) is 16.6 Å². The molecule has 1 fully saturated rings. The first-order valence-corrected chi connectivity index (χ1v) is 8.57. The van der Waals surface area contributed by atoms with Crippen molar-refractivity contribution in [3.63, 3.8) is 0 Å². The zero-order chi connectivity index (χ0) is 13.2. The number of anilines is 1. The number of halogens is 1. The maximum atomic E-state index is 11.4. The third kappa shape index (κ3) is 3.24. The summed E-state index contributed by atoms with van der Waals surface area (Å²) in [5.41, 5.74) is 7.78. The van der Waals surface area contributed by atoms with E-state index in [1.807, 2.05) is 6.07 Å². The van der Waals surface area contributed by atoms with Crippen LogP contribution >= 0.6 is 15.9 Å². The normalized spacial score (nSPS) is 18.9. The molecule has 2 rings (SSSR count). The highest BCUT2D eigenvalue weighted by Gasteiger charge is 2.22. The first-order chi connectivity index (χ1) is 8.52. The third-order valence-corrected chi connectivity index (χ3v) is 5.37. The SMILES string of the molecule is NCCc1ccc(N2CCS(=O)(=O)CC2)c(Br)c1. The molecule has 0 unspecified atom stereocenters. The molecule has 6 heteroatoms. The van der Waals surface area contributed by atoms with E-state index in [4.69, 9.17) is 5.73 Å². The lowest BCUT2D eigenvalue weighted by molar-refractivity contribution is 0.586. The molecule has 100 valence electrons. The average molecular weight is 333 g/mol. The van der Waals surface area contributed by atoms with Crippen LogP contribution in [0.2, 0.25) is 0 Å². The van der Waals surface area contributed by atoms with Gasteiger partial charge in [0, 0.05) is 17.6 Å². The highest BCUT2D eigenvalue weighted by Crippen LogP contribution is 2.28. The van der Waals surface area contributed by atoms with Gasteiger partial charge in [0.2, 0.25) is 0 Å². The largest absolute Gasteiger partial charge is 0.369 e. The van der Waals surface area contributed by atoms with Crippen LogP contribution < -0.4 is 10.6 Å². The zero-order valence-electron chi connectivity index (χ0n) is 10.1. The van der Waals surface area contributed by atoms with Gasteiger partial charge in [-0.3, -0.25) is 0 Å². The van der Waals surface area contributed by atoms with Crippen molar-refractivity contribution in [1.82, 2.24) is 0 Å². The van der Waals surface area contributed by atoms with E-state index >= 15 is 0 Å². The fourth-order valence-corrected chi connectivity index (χ4v) is 3.96. The molecule has 0 radical (unpaired) electrons. The monoisotopic (exact) mass is 332 g/mol. The predicted octanol–water partition coefficient (Wildman–Crippen LogP) is 1.19. The summed E-state index contributed by atoms with van der Waals surface area (Å²) in [5.74, 6) is 0.480. The van der Waals surface area contributed by atoms with Crippen LogP contribution in [0.3, 0.4) is 0 Å². The molecular formula is C12H17BrN2O2S. The van der Waals surface area contributed by atoms with Gasteiger partial charge in [-0.1, -0.05) is 6.07 Å². The van der Waals surface area contributed by atoms with Gasteiger partial charge < -0.3 is 10.6 Å². The van der Waals surface area contributed by atoms with Crippen LogP contribution in [0.25, 0.3) is 0 Å². The lowest BCUT2D eigenvalue weighted by Crippen LogP contribution is -2.40. The number of rotatable bonds is 3. The Morgan fingerprint density at radius 3 is 2.50 bits per heavy atom. The number of nitrogens with two attached hydrogens (primary N) is 1. The smallest absolute Gasteiger partial charge is 0.153 e. The van der Waals surface area contributed by atoms with Gasteiger partial charge in [-0.05, 0) is 46.6 Å². The Kier molecular flexibility index (Phi) is 4.29. The maximum absolute atomic E-state index is 11.4. The standard InChI is InChI=1S/C12H17BrN2O2S/c13-11-9-10(3-4-14)1-2-12(11)15-5-7-18(16,17)8-6-15/h1-2,9H,3-8,14H2. The summed E-state index contributed by atoms with van der Waals surface area (Å²) in [4.78, 5) is 2.11. The summed E-state index contributed by atoms with van der Waals surface area (Å²) in [7, 11) is -2.83. The zero-order valence-corrected chi connectivity index (χ0v) is 12.5. The maximum Gasteiger partial charge on any atom is 0.153 e. The molecule has 0 spiro atoms. The number of hydrogen-bond acceptors (Lipinski definition) is 4. The molecule has 0 aromatic heterocycles. The van der Waals surface area contributed by atoms with Gasteiger partial charge in [0.25, 0.3) is 0 Å². The van der Waals surface area contributed by atoms with E-state index in [1.165, 1.54) is 5.56 Å². The summed E-state index contributed by atoms with van der Waals surface area (Å²) in [6.45, 7) is 1.77. The van der Waals surface area contributed by atoms with Crippen LogP contribution in [0.4, 0.5) is 5.69 Å². The van der Waals surface area contributed by atoms with Crippen molar-refractivity contribution >= 4 is 31.5 Å². The van der Waals surface area contributed by atoms with Crippen LogP contribution in [-0.4, -0.2) is 39.6 Å². The number of hydrogen-bond donors (Lipinski definition) is 1. The van der Waals surface area contributed by atoms with Gasteiger partial charge >= 0.3 is 0 Å². The average Bonchev–Trinajstić information content (AvgIpc) is 2.31. The molecule has 18 heavy (non-hydrogen) atoms. The summed E-state index contributed by atoms with van der Waals surface area (Å²) >= 11 is 3.55. The van der Waals surface area contributed by atoms with E-state index in [-0.39, 0.29) is 11.5 Å². The molecule has 1 aliphatic rings. The van der Waals surface area contributed by atoms with Crippen LogP contribution in [0, 0.1) is 0 Å². The van der Waals surface area contributed by atoms with Gasteiger partial charge in [-0.15, -0.1) is 0 Å². The first kappa shape index (κ1) is 13.8. The molecule has 1 aromatic rings. The van der Waals surface area contributed by atoms with Crippen molar-refractivity contribution in [3.05, 3.63) is 28.2 Å². The third-order valence-electron chi connectivity index (χ3n) is 3.13. The van der Waals surface area contributed by atoms with Crippen LogP contribution in [-0.2, 0) is 16.3 Å². The van der Waals surface area contributed by atoms with Crippen LogP contribution in [0.5, 0.6) is 0 Å². The fraction of sp³-hybridized carbons (Fsp3) is 0.500. The van der Waals surface area contributed by atoms with E-state index in [2.05, 4.69) is 33.0 Å². The van der Waals surface area contributed by atoms with Crippen molar-refractivity contribution in [2.45, 2.75) is 6.42 Å². The molecule has 0 aliphatic carbocycles. The minimum absolute atomic E-state index is 0.240. The quantitative estimate of drug-likeness (QED) is 0.902. The van der Waals surface area contributed by atoms with Crippen molar-refractivity contribution in [2.75, 3.05) is 36.0 Å². The van der Waals surface area contributed by atoms with E-state index in [1.54, 1.807) is 0 Å². The van der Waals surface area contributed by atoms with Gasteiger partial charge in [0.1, 0.15) is 0 Å². The second-order valence-corrected chi connectivity index (χ2v) is 7.62. The minimum Gasteiger partial charge on any atom is -0.369 e. The lowest BCUT2D eigenvalue weighted by atomic mass is 10.1. The van der Waals surface area contributed by atoms with E-state index in [0.29, 0.717) is 19.6 Å². The Morgan fingerprint density at radius 1 is 1.28 bits per heavy atom. The highest BCUT2D eigenvalue weighted by molar-refractivity contribution is 9.10. The lowest BCUT2D eigenvalue weighted by Gasteiger charge is -2.29. The Labute approximate surface area is 116 Å². The van der Waals surface area contributed by atoms with Gasteiger partial charge in [0.05, 0.1) is 17.2 Å². The second kappa shape index (κ2) is 5.59. The first-order valence-electron chi connectivity index (χ1n) is 5.96. The topological polar surface area (TPSA) is 63.4 Å². The summed E-state index contributed by atoms with van der Waals surface area (Å²) in [6.07, 6.45) is 0.854. The summed E-state index contributed by atoms with van der Waals surface area (Å²) in [6, 6.07) is 6.15. The van der Waals surface area contributed by atoms with E-state index < -0.39 is 9.84 Å². The molecule has 1 heterocycles. The second-order valence-electron chi connectivity index (χ2n) is 4.46. The van der Waals surface area contributed by atoms with Crippen LogP contribution in [0.15, 0.2) is 22.7 Å². The fourth-order valence-electron chi connectivity index (χ4n) is 2.08. The Hall–Kier alpha value is -0.590. The Morgan fingerprint density at radius 2 is 1.94 bits per heavy atom. The van der Waals surface area contributed by atoms with Crippen LogP contribution in [0.1, 0.15) is 5.56 Å². The minimum atomic E-state index is -2.83. The number of sulfone groups is 1. The number of benzene rings is 1. The molecule has 0 amide bonds. The molecule has 1 aliphatic heterocycles. The molecule has 4 nitrogen and oxygen atoms in total. The van der Waals surface area contributed by atoms with Crippen molar-refractivity contribution in [3.8, 4) is 0 Å². The van der Waals surface area contributed by atoms with Gasteiger partial charge in [-0.2, -0.15) is 0 Å². The predicted molar refractivity (Wildman–Crippen MR) is 77.8 cm³/mol. The van der Waals surface area contributed by atoms with Gasteiger partial charge in [-0.25, -0.2) is 8.42 Å². The van der Waals surface area contributed by atoms with E-state index in [9.17, 15) is 8.42 Å². The molecule has 0 saturated carbocycles. The van der Waals surface area contributed by atoms with Gasteiger partial charge in [0.15, 0.2) is 9.84 Å². The Bertz CT molecular complexity index is 517. The van der Waals surface area contributed by atoms with Crippen molar-refractivity contribution < 1.29 is 8.42 Å². The van der Waals surface area contributed by atoms with Crippen molar-refractivity contribution in [2.24, 2.45) is 5.73 Å². The van der Waals surface area contributed by atoms with Crippen molar-refractivity contribution in [1.29, 1.82) is 0 Å². The summed E-state index contributed by atoms with van der Waals surface area (Å²) in [5, 5.41) is 0. The Balaban J connectivity index is 2.14. The molecule has 1 saturated heterocycles. The molecule has 0 bridgehead atoms. The molecular weight excluding hydrogens is 316 g/mol. The molecule has 2 N–H and O–H groups in total.